The Balaban J connectivity index is 1.88. The van der Waals surface area contributed by atoms with Crippen molar-refractivity contribution >= 4 is 21.9 Å². The molecule has 0 aliphatic carbocycles. The average Bonchev–Trinajstić information content (AvgIpc) is 3.07. The van der Waals surface area contributed by atoms with Crippen LogP contribution >= 0.6 is 0 Å². The number of hydrogen-bond acceptors (Lipinski definition) is 5. The van der Waals surface area contributed by atoms with Crippen molar-refractivity contribution in [3.63, 3.8) is 0 Å². The summed E-state index contributed by atoms with van der Waals surface area (Å²) in [6.45, 7) is 2.42. The second-order valence-corrected chi connectivity index (χ2v) is 7.87. The van der Waals surface area contributed by atoms with Gasteiger partial charge in [-0.05, 0) is 31.9 Å². The molecule has 1 aliphatic heterocycles. The predicted molar refractivity (Wildman–Crippen MR) is 87.8 cm³/mol. The molecule has 0 aromatic heterocycles. The normalized spacial score (nSPS) is 14.9. The molecule has 0 bridgehead atoms. The Morgan fingerprint density at radius 3 is 2.33 bits per heavy atom. The number of carbonyl (C=O) groups is 2. The number of benzene rings is 1. The summed E-state index contributed by atoms with van der Waals surface area (Å²) in [5.41, 5.74) is 0.941. The fourth-order valence-corrected chi connectivity index (χ4v) is 3.52. The van der Waals surface area contributed by atoms with Gasteiger partial charge in [-0.3, -0.25) is 9.59 Å². The lowest BCUT2D eigenvalue weighted by atomic mass is 10.2. The summed E-state index contributed by atoms with van der Waals surface area (Å²) in [6.07, 6.45) is 1.91. The second-order valence-electron chi connectivity index (χ2n) is 5.82. The molecule has 0 saturated carbocycles. The topological polar surface area (TPSA) is 84.0 Å². The van der Waals surface area contributed by atoms with Gasteiger partial charge in [0.25, 0.3) is 5.91 Å². The Morgan fingerprint density at radius 2 is 1.75 bits per heavy atom. The van der Waals surface area contributed by atoms with Crippen molar-refractivity contribution in [2.75, 3.05) is 33.3 Å². The van der Waals surface area contributed by atoms with Gasteiger partial charge in [-0.15, -0.1) is 0 Å². The lowest BCUT2D eigenvalue weighted by molar-refractivity contribution is -0.151. The zero-order valence-electron chi connectivity index (χ0n) is 13.9. The van der Waals surface area contributed by atoms with Crippen LogP contribution in [0.1, 0.15) is 18.4 Å². The van der Waals surface area contributed by atoms with E-state index in [1.807, 2.05) is 6.92 Å². The van der Waals surface area contributed by atoms with Crippen molar-refractivity contribution in [2.24, 2.45) is 0 Å². The van der Waals surface area contributed by atoms with E-state index in [1.165, 1.54) is 19.2 Å². The second kappa shape index (κ2) is 7.76. The van der Waals surface area contributed by atoms with Gasteiger partial charge >= 0.3 is 5.97 Å². The van der Waals surface area contributed by atoms with Crippen molar-refractivity contribution < 1.29 is 22.7 Å². The maximum atomic E-state index is 12.4. The van der Waals surface area contributed by atoms with E-state index in [-0.39, 0.29) is 17.4 Å². The molecule has 7 nitrogen and oxygen atoms in total. The number of rotatable bonds is 6. The molecule has 1 aromatic rings. The van der Waals surface area contributed by atoms with E-state index in [1.54, 1.807) is 17.0 Å². The van der Waals surface area contributed by atoms with Gasteiger partial charge in [-0.1, -0.05) is 17.7 Å². The van der Waals surface area contributed by atoms with Gasteiger partial charge in [0.15, 0.2) is 6.61 Å². The summed E-state index contributed by atoms with van der Waals surface area (Å²) >= 11 is 0. The minimum atomic E-state index is -3.77. The number of ether oxygens (including phenoxy) is 1. The van der Waals surface area contributed by atoms with E-state index < -0.39 is 22.5 Å². The number of aryl methyl sites for hydroxylation is 1. The van der Waals surface area contributed by atoms with E-state index in [2.05, 4.69) is 0 Å². The van der Waals surface area contributed by atoms with E-state index in [0.29, 0.717) is 13.1 Å². The molecule has 1 aromatic carbocycles. The summed E-state index contributed by atoms with van der Waals surface area (Å²) < 4.78 is 30.6. The Labute approximate surface area is 142 Å². The van der Waals surface area contributed by atoms with Crippen molar-refractivity contribution in [1.29, 1.82) is 0 Å². The zero-order chi connectivity index (χ0) is 17.7. The van der Waals surface area contributed by atoms with Gasteiger partial charge in [0.05, 0.1) is 4.90 Å². The molecule has 0 atom stereocenters. The molecule has 132 valence electrons. The van der Waals surface area contributed by atoms with Crippen LogP contribution in [0.25, 0.3) is 0 Å². The zero-order valence-corrected chi connectivity index (χ0v) is 14.7. The summed E-state index contributed by atoms with van der Waals surface area (Å²) in [5.74, 6) is -0.995. The maximum absolute atomic E-state index is 12.4. The van der Waals surface area contributed by atoms with Crippen LogP contribution in [0.3, 0.4) is 0 Å². The lowest BCUT2D eigenvalue weighted by Crippen LogP contribution is -2.36. The van der Waals surface area contributed by atoms with Gasteiger partial charge in [0.2, 0.25) is 10.0 Å². The highest BCUT2D eigenvalue weighted by Crippen LogP contribution is 2.15. The van der Waals surface area contributed by atoms with Gasteiger partial charge in [-0.25, -0.2) is 8.42 Å². The molecule has 8 heteroatoms. The highest BCUT2D eigenvalue weighted by molar-refractivity contribution is 7.89. The fourth-order valence-electron chi connectivity index (χ4n) is 2.40. The SMILES string of the molecule is Cc1ccc(S(=O)(=O)N(C)CC(=O)OCC(=O)N2CCCC2)cc1. The molecular formula is C16H22N2O5S. The summed E-state index contributed by atoms with van der Waals surface area (Å²) in [7, 11) is -2.46. The highest BCUT2D eigenvalue weighted by Gasteiger charge is 2.24. The predicted octanol–water partition coefficient (Wildman–Crippen LogP) is 0.781. The van der Waals surface area contributed by atoms with Gasteiger partial charge in [-0.2, -0.15) is 4.31 Å². The van der Waals surface area contributed by atoms with Crippen LogP contribution in [0.4, 0.5) is 0 Å². The minimum Gasteiger partial charge on any atom is -0.455 e. The molecule has 1 saturated heterocycles. The Hall–Kier alpha value is -1.93. The van der Waals surface area contributed by atoms with Crippen LogP contribution in [-0.4, -0.2) is 62.8 Å². The average molecular weight is 354 g/mol. The number of sulfonamides is 1. The third-order valence-electron chi connectivity index (χ3n) is 3.90. The largest absolute Gasteiger partial charge is 0.455 e. The third-order valence-corrected chi connectivity index (χ3v) is 5.71. The van der Waals surface area contributed by atoms with Crippen molar-refractivity contribution in [2.45, 2.75) is 24.7 Å². The first-order chi connectivity index (χ1) is 11.3. The molecule has 1 amide bonds. The summed E-state index contributed by atoms with van der Waals surface area (Å²) in [4.78, 5) is 25.4. The molecule has 1 aliphatic rings. The van der Waals surface area contributed by atoms with Gasteiger partial charge < -0.3 is 9.64 Å². The fraction of sp³-hybridized carbons (Fsp3) is 0.500. The number of amides is 1. The first-order valence-electron chi connectivity index (χ1n) is 7.77. The van der Waals surface area contributed by atoms with Gasteiger partial charge in [0, 0.05) is 20.1 Å². The van der Waals surface area contributed by atoms with Crippen molar-refractivity contribution in [3.8, 4) is 0 Å². The van der Waals surface area contributed by atoms with Crippen LogP contribution < -0.4 is 0 Å². The van der Waals surface area contributed by atoms with Crippen LogP contribution in [0.2, 0.25) is 0 Å². The number of esters is 1. The quantitative estimate of drug-likeness (QED) is 0.705. The van der Waals surface area contributed by atoms with Crippen LogP contribution in [0.15, 0.2) is 29.2 Å². The number of likely N-dealkylation sites (N-methyl/N-ethyl adjacent to an activating group) is 1. The third kappa shape index (κ3) is 4.55. The molecule has 1 fully saturated rings. The number of carbonyl (C=O) groups excluding carboxylic acids is 2. The van der Waals surface area contributed by atoms with Gasteiger partial charge in [0.1, 0.15) is 6.54 Å². The summed E-state index contributed by atoms with van der Waals surface area (Å²) in [5, 5.41) is 0. The monoisotopic (exact) mass is 354 g/mol. The van der Waals surface area contributed by atoms with E-state index in [0.717, 1.165) is 22.7 Å². The van der Waals surface area contributed by atoms with Crippen LogP contribution in [-0.2, 0) is 24.3 Å². The molecule has 0 radical (unpaired) electrons. The molecule has 2 rings (SSSR count). The summed E-state index contributed by atoms with van der Waals surface area (Å²) in [6, 6.07) is 6.36. The standard InChI is InChI=1S/C16H22N2O5S/c1-13-5-7-14(8-6-13)24(21,22)17(2)11-16(20)23-12-15(19)18-9-3-4-10-18/h5-8H,3-4,9-12H2,1-2H3. The van der Waals surface area contributed by atoms with Crippen molar-refractivity contribution in [3.05, 3.63) is 29.8 Å². The molecule has 1 heterocycles. The molecule has 0 unspecified atom stereocenters. The highest BCUT2D eigenvalue weighted by atomic mass is 32.2. The Kier molecular flexibility index (Phi) is 5.95. The Morgan fingerprint density at radius 1 is 1.17 bits per heavy atom. The number of nitrogens with zero attached hydrogens (tertiary/aromatic N) is 2. The first-order valence-corrected chi connectivity index (χ1v) is 9.21. The van der Waals surface area contributed by atoms with Crippen LogP contribution in [0.5, 0.6) is 0 Å². The van der Waals surface area contributed by atoms with E-state index in [4.69, 9.17) is 4.74 Å². The molecular weight excluding hydrogens is 332 g/mol. The maximum Gasteiger partial charge on any atom is 0.321 e. The number of hydrogen-bond donors (Lipinski definition) is 0. The molecule has 0 spiro atoms. The Bertz CT molecular complexity index is 694. The minimum absolute atomic E-state index is 0.108. The van der Waals surface area contributed by atoms with Crippen molar-refractivity contribution in [1.82, 2.24) is 9.21 Å². The van der Waals surface area contributed by atoms with E-state index >= 15 is 0 Å². The van der Waals surface area contributed by atoms with Crippen LogP contribution in [0, 0.1) is 6.92 Å². The molecule has 24 heavy (non-hydrogen) atoms. The molecule has 0 N–H and O–H groups in total. The first kappa shape index (κ1) is 18.4. The van der Waals surface area contributed by atoms with E-state index in [9.17, 15) is 18.0 Å². The number of likely N-dealkylation sites (tertiary alicyclic amines) is 1. The smallest absolute Gasteiger partial charge is 0.321 e. The lowest BCUT2D eigenvalue weighted by Gasteiger charge is -2.18.